The second-order valence-electron chi connectivity index (χ2n) is 5.15. The first-order chi connectivity index (χ1) is 9.22. The molecule has 1 aromatic carbocycles. The van der Waals surface area contributed by atoms with Crippen LogP contribution in [0.2, 0.25) is 10.0 Å². The first kappa shape index (κ1) is 15.1. The Morgan fingerprint density at radius 1 is 1.35 bits per heavy atom. The summed E-state index contributed by atoms with van der Waals surface area (Å²) in [5, 5.41) is 13.5. The van der Waals surface area contributed by atoms with Gasteiger partial charge >= 0.3 is 6.03 Å². The van der Waals surface area contributed by atoms with E-state index in [0.29, 0.717) is 15.6 Å². The minimum absolute atomic E-state index is 0.172. The van der Waals surface area contributed by atoms with Gasteiger partial charge in [0.25, 0.3) is 5.91 Å². The summed E-state index contributed by atoms with van der Waals surface area (Å²) in [5.41, 5.74) is -0.584. The average Bonchev–Trinajstić information content (AvgIpc) is 2.54. The van der Waals surface area contributed by atoms with E-state index >= 15 is 0 Å². The molecular weight excluding hydrogens is 303 g/mol. The van der Waals surface area contributed by atoms with Crippen molar-refractivity contribution in [1.29, 1.82) is 0 Å². The molecule has 1 aliphatic heterocycles. The highest BCUT2D eigenvalue weighted by atomic mass is 35.5. The maximum atomic E-state index is 12.0. The molecule has 2 rings (SSSR count). The molecule has 20 heavy (non-hydrogen) atoms. The lowest BCUT2D eigenvalue weighted by atomic mass is 10.1. The van der Waals surface area contributed by atoms with Crippen LogP contribution in [0.15, 0.2) is 18.2 Å². The Hall–Kier alpha value is -1.30. The molecular formula is C13H14Cl2N2O3. The molecule has 108 valence electrons. The Bertz CT molecular complexity index is 575. The van der Waals surface area contributed by atoms with E-state index in [2.05, 4.69) is 5.32 Å². The Labute approximate surface area is 126 Å². The highest BCUT2D eigenvalue weighted by Gasteiger charge is 2.44. The number of carbonyl (C=O) groups excluding carboxylic acids is 2. The molecule has 7 heteroatoms. The molecule has 0 saturated carbocycles. The predicted molar refractivity (Wildman–Crippen MR) is 75.7 cm³/mol. The van der Waals surface area contributed by atoms with Crippen LogP contribution in [0.3, 0.4) is 0 Å². The first-order valence-corrected chi connectivity index (χ1v) is 6.75. The highest BCUT2D eigenvalue weighted by molar-refractivity contribution is 6.33. The van der Waals surface area contributed by atoms with Gasteiger partial charge in [0.2, 0.25) is 0 Å². The number of carbonyl (C=O) groups is 2. The molecule has 1 heterocycles. The van der Waals surface area contributed by atoms with Crippen molar-refractivity contribution in [1.82, 2.24) is 10.2 Å². The number of urea groups is 1. The fourth-order valence-electron chi connectivity index (χ4n) is 2.02. The zero-order valence-electron chi connectivity index (χ0n) is 11.0. The van der Waals surface area contributed by atoms with Crippen LogP contribution in [0, 0.1) is 0 Å². The van der Waals surface area contributed by atoms with Crippen molar-refractivity contribution in [3.63, 3.8) is 0 Å². The maximum absolute atomic E-state index is 12.0. The summed E-state index contributed by atoms with van der Waals surface area (Å²) in [6.45, 7) is 3.03. The molecule has 1 saturated heterocycles. The lowest BCUT2D eigenvalue weighted by Crippen LogP contribution is -2.40. The highest BCUT2D eigenvalue weighted by Crippen LogP contribution is 2.28. The number of nitrogens with zero attached hydrogens (tertiary/aromatic N) is 1. The minimum Gasteiger partial charge on any atom is -0.386 e. The van der Waals surface area contributed by atoms with Crippen LogP contribution in [0.25, 0.3) is 0 Å². The van der Waals surface area contributed by atoms with E-state index in [4.69, 9.17) is 23.2 Å². The number of halogens is 2. The molecule has 0 aliphatic carbocycles. The van der Waals surface area contributed by atoms with Gasteiger partial charge in [-0.15, -0.1) is 0 Å². The number of amides is 3. The SMILES string of the molecule is CC1(C)NC(=O)N(C[C@H](O)c2cc(Cl)ccc2Cl)C1=O. The molecule has 1 atom stereocenters. The lowest BCUT2D eigenvalue weighted by molar-refractivity contribution is -0.131. The number of imide groups is 1. The van der Waals surface area contributed by atoms with E-state index in [-0.39, 0.29) is 12.5 Å². The Kier molecular flexibility index (Phi) is 3.95. The summed E-state index contributed by atoms with van der Waals surface area (Å²) >= 11 is 11.8. The van der Waals surface area contributed by atoms with Gasteiger partial charge in [-0.2, -0.15) is 0 Å². The van der Waals surface area contributed by atoms with Crippen molar-refractivity contribution in [2.45, 2.75) is 25.5 Å². The number of aliphatic hydroxyl groups is 1. The minimum atomic E-state index is -1.09. The summed E-state index contributed by atoms with van der Waals surface area (Å²) in [5.74, 6) is -0.389. The normalized spacial score (nSPS) is 19.1. The van der Waals surface area contributed by atoms with Crippen molar-refractivity contribution in [3.05, 3.63) is 33.8 Å². The molecule has 3 amide bonds. The van der Waals surface area contributed by atoms with Gasteiger partial charge in [0.1, 0.15) is 5.54 Å². The number of β-amino-alcohol motifs (C(OH)–C–C–N with tert-alkyl or cyclic N) is 1. The van der Waals surface area contributed by atoms with Crippen molar-refractivity contribution in [2.75, 3.05) is 6.54 Å². The third-order valence-corrected chi connectivity index (χ3v) is 3.70. The largest absolute Gasteiger partial charge is 0.386 e. The molecule has 1 fully saturated rings. The molecule has 0 aromatic heterocycles. The van der Waals surface area contributed by atoms with Gasteiger partial charge in [-0.3, -0.25) is 9.69 Å². The van der Waals surface area contributed by atoms with Crippen molar-refractivity contribution in [2.24, 2.45) is 0 Å². The first-order valence-electron chi connectivity index (χ1n) is 5.99. The van der Waals surface area contributed by atoms with Gasteiger partial charge in [0.15, 0.2) is 0 Å². The second-order valence-corrected chi connectivity index (χ2v) is 6.00. The number of benzene rings is 1. The van der Waals surface area contributed by atoms with Gasteiger partial charge < -0.3 is 10.4 Å². The van der Waals surface area contributed by atoms with Crippen LogP contribution in [-0.2, 0) is 4.79 Å². The number of rotatable bonds is 3. The zero-order valence-corrected chi connectivity index (χ0v) is 12.5. The van der Waals surface area contributed by atoms with Crippen molar-refractivity contribution < 1.29 is 14.7 Å². The molecule has 0 bridgehead atoms. The molecule has 0 unspecified atom stereocenters. The topological polar surface area (TPSA) is 69.6 Å². The van der Waals surface area contributed by atoms with E-state index in [1.165, 1.54) is 6.07 Å². The smallest absolute Gasteiger partial charge is 0.325 e. The fraction of sp³-hybridized carbons (Fsp3) is 0.385. The van der Waals surface area contributed by atoms with Crippen LogP contribution < -0.4 is 5.32 Å². The Morgan fingerprint density at radius 2 is 2.00 bits per heavy atom. The molecule has 5 nitrogen and oxygen atoms in total. The second kappa shape index (κ2) is 5.24. The molecule has 1 aliphatic rings. The number of aliphatic hydroxyl groups excluding tert-OH is 1. The Morgan fingerprint density at radius 3 is 2.55 bits per heavy atom. The van der Waals surface area contributed by atoms with Crippen LogP contribution in [0.1, 0.15) is 25.5 Å². The summed E-state index contributed by atoms with van der Waals surface area (Å²) in [4.78, 5) is 24.7. The van der Waals surface area contributed by atoms with E-state index in [0.717, 1.165) is 4.90 Å². The summed E-state index contributed by atoms with van der Waals surface area (Å²) in [6.07, 6.45) is -1.09. The summed E-state index contributed by atoms with van der Waals surface area (Å²) in [6, 6.07) is 4.13. The lowest BCUT2D eigenvalue weighted by Gasteiger charge is -2.20. The fourth-order valence-corrected chi connectivity index (χ4v) is 2.45. The van der Waals surface area contributed by atoms with Crippen LogP contribution in [-0.4, -0.2) is 34.0 Å². The molecule has 0 spiro atoms. The molecule has 1 aromatic rings. The Balaban J connectivity index is 2.20. The number of hydrogen-bond acceptors (Lipinski definition) is 3. The average molecular weight is 317 g/mol. The van der Waals surface area contributed by atoms with Gasteiger partial charge in [-0.1, -0.05) is 23.2 Å². The standard InChI is InChI=1S/C13H14Cl2N2O3/c1-13(2)11(19)17(12(20)16-13)6-10(18)8-5-7(14)3-4-9(8)15/h3-5,10,18H,6H2,1-2H3,(H,16,20)/t10-/m0/s1. The monoisotopic (exact) mass is 316 g/mol. The van der Waals surface area contributed by atoms with E-state index in [1.54, 1.807) is 26.0 Å². The number of hydrogen-bond donors (Lipinski definition) is 2. The quantitative estimate of drug-likeness (QED) is 0.841. The number of nitrogens with one attached hydrogen (secondary N) is 1. The predicted octanol–water partition coefficient (Wildman–Crippen LogP) is 2.36. The van der Waals surface area contributed by atoms with Crippen molar-refractivity contribution in [3.8, 4) is 0 Å². The molecule has 2 N–H and O–H groups in total. The van der Waals surface area contributed by atoms with Gasteiger partial charge in [-0.05, 0) is 32.0 Å². The van der Waals surface area contributed by atoms with E-state index < -0.39 is 17.7 Å². The van der Waals surface area contributed by atoms with Gasteiger partial charge in [-0.25, -0.2) is 4.79 Å². The zero-order chi connectivity index (χ0) is 15.1. The van der Waals surface area contributed by atoms with E-state index in [1.807, 2.05) is 0 Å². The van der Waals surface area contributed by atoms with Crippen LogP contribution in [0.5, 0.6) is 0 Å². The van der Waals surface area contributed by atoms with Crippen LogP contribution >= 0.6 is 23.2 Å². The van der Waals surface area contributed by atoms with Crippen LogP contribution in [0.4, 0.5) is 4.79 Å². The van der Waals surface area contributed by atoms with Crippen molar-refractivity contribution >= 4 is 35.1 Å². The molecule has 0 radical (unpaired) electrons. The summed E-state index contributed by atoms with van der Waals surface area (Å²) in [7, 11) is 0. The maximum Gasteiger partial charge on any atom is 0.325 e. The van der Waals surface area contributed by atoms with Gasteiger partial charge in [0, 0.05) is 15.6 Å². The van der Waals surface area contributed by atoms with E-state index in [9.17, 15) is 14.7 Å². The van der Waals surface area contributed by atoms with Gasteiger partial charge in [0.05, 0.1) is 12.6 Å². The third-order valence-electron chi connectivity index (χ3n) is 3.12. The summed E-state index contributed by atoms with van der Waals surface area (Å²) < 4.78 is 0. The third kappa shape index (κ3) is 2.75.